The Morgan fingerprint density at radius 1 is 1.50 bits per heavy atom. The first-order chi connectivity index (χ1) is 11.6. The number of hydrogen-bond donors (Lipinski definition) is 3. The number of aromatic amines is 1. The number of aromatic nitrogens is 3. The number of carbonyl (C=O) groups excluding carboxylic acids is 1. The maximum absolute atomic E-state index is 11.8. The van der Waals surface area contributed by atoms with Gasteiger partial charge in [-0.3, -0.25) is 0 Å². The molecule has 0 aromatic carbocycles. The number of piperidine rings is 1. The summed E-state index contributed by atoms with van der Waals surface area (Å²) in [6.45, 7) is 5.60. The molecule has 24 heavy (non-hydrogen) atoms. The van der Waals surface area contributed by atoms with E-state index >= 15 is 0 Å². The molecule has 1 unspecified atom stereocenters. The fraction of sp³-hybridized carbons (Fsp3) is 0.562. The zero-order chi connectivity index (χ0) is 17.1. The summed E-state index contributed by atoms with van der Waals surface area (Å²) < 4.78 is 5.35. The molecule has 1 fully saturated rings. The molecule has 1 saturated heterocycles. The summed E-state index contributed by atoms with van der Waals surface area (Å²) in [7, 11) is 1.98. The smallest absolute Gasteiger partial charge is 0.406 e. The highest BCUT2D eigenvalue weighted by molar-refractivity contribution is 5.83. The van der Waals surface area contributed by atoms with E-state index < -0.39 is 6.09 Å². The predicted molar refractivity (Wildman–Crippen MR) is 92.5 cm³/mol. The Bertz CT molecular complexity index is 714. The zero-order valence-electron chi connectivity index (χ0n) is 14.3. The van der Waals surface area contributed by atoms with Crippen LogP contribution in [0.1, 0.15) is 26.7 Å². The van der Waals surface area contributed by atoms with Crippen molar-refractivity contribution in [2.75, 3.05) is 25.0 Å². The third kappa shape index (κ3) is 3.59. The molecule has 2 aromatic rings. The van der Waals surface area contributed by atoms with Crippen LogP contribution >= 0.6 is 0 Å². The predicted octanol–water partition coefficient (Wildman–Crippen LogP) is 1.64. The van der Waals surface area contributed by atoms with Crippen LogP contribution < -0.4 is 20.3 Å². The third-order valence-corrected chi connectivity index (χ3v) is 4.10. The number of ether oxygens (including phenoxy) is 1. The van der Waals surface area contributed by atoms with Crippen molar-refractivity contribution in [1.29, 1.82) is 0 Å². The minimum atomic E-state index is -0.494. The number of fused-ring (bicyclic) bond motifs is 1. The Balaban J connectivity index is 1.81. The molecule has 0 bridgehead atoms. The van der Waals surface area contributed by atoms with E-state index in [0.29, 0.717) is 23.0 Å². The van der Waals surface area contributed by atoms with Crippen LogP contribution in [-0.2, 0) is 0 Å². The number of nitrogens with one attached hydrogen (secondary N) is 3. The van der Waals surface area contributed by atoms with Crippen LogP contribution in [0, 0.1) is 0 Å². The number of hydrogen-bond acceptors (Lipinski definition) is 6. The molecule has 3 heterocycles. The van der Waals surface area contributed by atoms with Gasteiger partial charge in [0.15, 0.2) is 16.9 Å². The molecule has 8 heteroatoms. The number of carbonyl (C=O) groups is 1. The quantitative estimate of drug-likeness (QED) is 0.788. The Kier molecular flexibility index (Phi) is 4.84. The van der Waals surface area contributed by atoms with Crippen molar-refractivity contribution in [3.05, 3.63) is 12.4 Å². The van der Waals surface area contributed by atoms with Gasteiger partial charge in [-0.15, -0.1) is 0 Å². The van der Waals surface area contributed by atoms with Crippen LogP contribution in [0.25, 0.3) is 11.2 Å². The summed E-state index contributed by atoms with van der Waals surface area (Å²) in [6, 6.07) is 0.464. The fourth-order valence-corrected chi connectivity index (χ4v) is 2.88. The molecular formula is C16H24N6O2. The van der Waals surface area contributed by atoms with Gasteiger partial charge in [0.05, 0.1) is 6.20 Å². The molecule has 1 amide bonds. The molecule has 3 rings (SSSR count). The summed E-state index contributed by atoms with van der Waals surface area (Å²) in [4.78, 5) is 26.1. The van der Waals surface area contributed by atoms with Gasteiger partial charge in [-0.2, -0.15) is 0 Å². The number of H-pyrrole nitrogens is 1. The first-order valence-corrected chi connectivity index (χ1v) is 8.31. The SMILES string of the molecule is CNC1CCCN(c2cnc3[nH]cc(OC(=O)NC(C)C)c3n2)C1. The fourth-order valence-electron chi connectivity index (χ4n) is 2.88. The van der Waals surface area contributed by atoms with E-state index in [9.17, 15) is 4.79 Å². The molecule has 0 spiro atoms. The molecule has 1 atom stereocenters. The van der Waals surface area contributed by atoms with Crippen molar-refractivity contribution in [2.45, 2.75) is 38.8 Å². The van der Waals surface area contributed by atoms with Crippen LogP contribution in [0.2, 0.25) is 0 Å². The second kappa shape index (κ2) is 7.04. The van der Waals surface area contributed by atoms with E-state index in [4.69, 9.17) is 4.74 Å². The van der Waals surface area contributed by atoms with E-state index in [1.807, 2.05) is 20.9 Å². The number of amides is 1. The van der Waals surface area contributed by atoms with Gasteiger partial charge in [-0.05, 0) is 33.7 Å². The van der Waals surface area contributed by atoms with Gasteiger partial charge in [0, 0.05) is 31.4 Å². The molecule has 0 saturated carbocycles. The van der Waals surface area contributed by atoms with Gasteiger partial charge in [0.1, 0.15) is 5.82 Å². The first kappa shape index (κ1) is 16.5. The summed E-state index contributed by atoms with van der Waals surface area (Å²) in [5.41, 5.74) is 1.17. The Morgan fingerprint density at radius 2 is 2.33 bits per heavy atom. The Morgan fingerprint density at radius 3 is 3.08 bits per heavy atom. The summed E-state index contributed by atoms with van der Waals surface area (Å²) in [5.74, 6) is 1.19. The summed E-state index contributed by atoms with van der Waals surface area (Å²) >= 11 is 0. The number of anilines is 1. The van der Waals surface area contributed by atoms with Crippen molar-refractivity contribution in [3.8, 4) is 5.75 Å². The van der Waals surface area contributed by atoms with Gasteiger partial charge in [-0.25, -0.2) is 14.8 Å². The van der Waals surface area contributed by atoms with Crippen LogP contribution in [0.4, 0.5) is 10.6 Å². The minimum Gasteiger partial charge on any atom is -0.406 e. The highest BCUT2D eigenvalue weighted by atomic mass is 16.6. The lowest BCUT2D eigenvalue weighted by atomic mass is 10.1. The van der Waals surface area contributed by atoms with E-state index in [1.165, 1.54) is 0 Å². The van der Waals surface area contributed by atoms with Crippen molar-refractivity contribution >= 4 is 23.1 Å². The van der Waals surface area contributed by atoms with Crippen molar-refractivity contribution in [1.82, 2.24) is 25.6 Å². The largest absolute Gasteiger partial charge is 0.412 e. The second-order valence-electron chi connectivity index (χ2n) is 6.34. The molecule has 1 aliphatic rings. The summed E-state index contributed by atoms with van der Waals surface area (Å²) in [5, 5.41) is 6.01. The van der Waals surface area contributed by atoms with Crippen LogP contribution in [0.15, 0.2) is 12.4 Å². The van der Waals surface area contributed by atoms with E-state index in [2.05, 4.69) is 30.5 Å². The molecule has 8 nitrogen and oxygen atoms in total. The van der Waals surface area contributed by atoms with Crippen molar-refractivity contribution in [2.24, 2.45) is 0 Å². The van der Waals surface area contributed by atoms with Gasteiger partial charge < -0.3 is 25.3 Å². The van der Waals surface area contributed by atoms with Gasteiger partial charge >= 0.3 is 6.09 Å². The number of nitrogens with zero attached hydrogens (tertiary/aromatic N) is 3. The molecule has 0 radical (unpaired) electrons. The van der Waals surface area contributed by atoms with E-state index in [1.54, 1.807) is 12.4 Å². The van der Waals surface area contributed by atoms with E-state index in [-0.39, 0.29) is 6.04 Å². The highest BCUT2D eigenvalue weighted by Gasteiger charge is 2.21. The number of likely N-dealkylation sites (N-methyl/N-ethyl adjacent to an activating group) is 1. The Hall–Kier alpha value is -2.35. The summed E-state index contributed by atoms with van der Waals surface area (Å²) in [6.07, 6.45) is 5.15. The van der Waals surface area contributed by atoms with Gasteiger partial charge in [0.2, 0.25) is 0 Å². The average molecular weight is 332 g/mol. The Labute approximate surface area is 141 Å². The molecule has 3 N–H and O–H groups in total. The second-order valence-corrected chi connectivity index (χ2v) is 6.34. The van der Waals surface area contributed by atoms with Crippen molar-refractivity contribution < 1.29 is 9.53 Å². The zero-order valence-corrected chi connectivity index (χ0v) is 14.3. The van der Waals surface area contributed by atoms with Crippen LogP contribution in [0.3, 0.4) is 0 Å². The topological polar surface area (TPSA) is 95.2 Å². The normalized spacial score (nSPS) is 18.2. The lowest BCUT2D eigenvalue weighted by Gasteiger charge is -2.33. The molecule has 0 aliphatic carbocycles. The maximum atomic E-state index is 11.8. The third-order valence-electron chi connectivity index (χ3n) is 4.10. The van der Waals surface area contributed by atoms with E-state index in [0.717, 1.165) is 31.7 Å². The minimum absolute atomic E-state index is 0.0104. The van der Waals surface area contributed by atoms with Gasteiger partial charge in [-0.1, -0.05) is 0 Å². The highest BCUT2D eigenvalue weighted by Crippen LogP contribution is 2.26. The van der Waals surface area contributed by atoms with Crippen LogP contribution in [-0.4, -0.2) is 53.3 Å². The first-order valence-electron chi connectivity index (χ1n) is 8.31. The molecule has 2 aromatic heterocycles. The molecule has 1 aliphatic heterocycles. The monoisotopic (exact) mass is 332 g/mol. The standard InChI is InChI=1S/C16H24N6O2/c1-10(2)20-16(23)24-12-7-18-15-14(12)21-13(8-19-15)22-6-4-5-11(9-22)17-3/h7-8,10-11,17H,4-6,9H2,1-3H3,(H,18,19)(H,20,23). The lowest BCUT2D eigenvalue weighted by molar-refractivity contribution is 0.198. The van der Waals surface area contributed by atoms with Crippen molar-refractivity contribution in [3.63, 3.8) is 0 Å². The lowest BCUT2D eigenvalue weighted by Crippen LogP contribution is -2.44. The van der Waals surface area contributed by atoms with Gasteiger partial charge in [0.25, 0.3) is 0 Å². The average Bonchev–Trinajstić information content (AvgIpc) is 2.96. The number of rotatable bonds is 4. The van der Waals surface area contributed by atoms with Crippen LogP contribution in [0.5, 0.6) is 5.75 Å². The molecular weight excluding hydrogens is 308 g/mol. The molecule has 130 valence electrons. The maximum Gasteiger partial charge on any atom is 0.412 e.